The van der Waals surface area contributed by atoms with Gasteiger partial charge in [0.05, 0.1) is 18.3 Å². The Balaban J connectivity index is 1.52. The third kappa shape index (κ3) is 3.92. The molecule has 5 nitrogen and oxygen atoms in total. The van der Waals surface area contributed by atoms with E-state index in [0.717, 1.165) is 10.4 Å². The van der Waals surface area contributed by atoms with E-state index < -0.39 is 6.10 Å². The lowest BCUT2D eigenvalue weighted by molar-refractivity contribution is 0.0915. The second-order valence-corrected chi connectivity index (χ2v) is 7.21. The van der Waals surface area contributed by atoms with Crippen LogP contribution in [0.1, 0.15) is 0 Å². The van der Waals surface area contributed by atoms with Gasteiger partial charge in [0.25, 0.3) is 5.56 Å². The summed E-state index contributed by atoms with van der Waals surface area (Å²) in [7, 11) is 0. The third-order valence-electron chi connectivity index (χ3n) is 4.17. The van der Waals surface area contributed by atoms with E-state index in [1.807, 2.05) is 66.7 Å². The molecule has 0 aliphatic carbocycles. The molecule has 1 unspecified atom stereocenters. The molecule has 0 amide bonds. The summed E-state index contributed by atoms with van der Waals surface area (Å²) in [4.78, 5) is 18.8. The monoisotopic (exact) mass is 378 g/mol. The van der Waals surface area contributed by atoms with Gasteiger partial charge < -0.3 is 9.84 Å². The fraction of sp³-hybridized carbons (Fsp3) is 0.143. The van der Waals surface area contributed by atoms with Crippen LogP contribution in [-0.2, 0) is 6.54 Å². The molecule has 1 atom stereocenters. The molecule has 0 bridgehead atoms. The first-order valence-electron chi connectivity index (χ1n) is 8.61. The Bertz CT molecular complexity index is 1090. The molecular weight excluding hydrogens is 360 g/mol. The minimum Gasteiger partial charge on any atom is -0.491 e. The van der Waals surface area contributed by atoms with Gasteiger partial charge in [0.2, 0.25) is 0 Å². The number of nitrogens with zero attached hydrogens (tertiary/aromatic N) is 2. The van der Waals surface area contributed by atoms with Gasteiger partial charge >= 0.3 is 0 Å². The fourth-order valence-electron chi connectivity index (χ4n) is 2.82. The lowest BCUT2D eigenvalue weighted by Crippen LogP contribution is -2.30. The van der Waals surface area contributed by atoms with Crippen molar-refractivity contribution in [1.82, 2.24) is 9.55 Å². The lowest BCUT2D eigenvalue weighted by atomic mass is 10.2. The summed E-state index contributed by atoms with van der Waals surface area (Å²) < 4.78 is 6.98. The second-order valence-electron chi connectivity index (χ2n) is 6.18. The predicted molar refractivity (Wildman–Crippen MR) is 107 cm³/mol. The number of aromatic nitrogens is 2. The van der Waals surface area contributed by atoms with Crippen LogP contribution in [0.3, 0.4) is 0 Å². The predicted octanol–water partition coefficient (Wildman–Crippen LogP) is 3.56. The lowest BCUT2D eigenvalue weighted by Gasteiger charge is -2.13. The average Bonchev–Trinajstić information content (AvgIpc) is 3.15. The zero-order chi connectivity index (χ0) is 18.6. The van der Waals surface area contributed by atoms with E-state index in [1.165, 1.54) is 22.2 Å². The van der Waals surface area contributed by atoms with Gasteiger partial charge in [-0.15, -0.1) is 11.3 Å². The molecule has 0 radical (unpaired) electrons. The normalized spacial score (nSPS) is 12.2. The molecule has 0 aliphatic heterocycles. The van der Waals surface area contributed by atoms with Gasteiger partial charge in [-0.05, 0) is 23.8 Å². The molecular formula is C21H18N2O3S. The summed E-state index contributed by atoms with van der Waals surface area (Å²) in [5, 5.41) is 10.8. The molecule has 0 aliphatic rings. The molecule has 6 heteroatoms. The zero-order valence-corrected chi connectivity index (χ0v) is 15.3. The highest BCUT2D eigenvalue weighted by Gasteiger charge is 2.13. The molecule has 4 rings (SSSR count). The van der Waals surface area contributed by atoms with Crippen LogP contribution in [0.25, 0.3) is 20.7 Å². The maximum atomic E-state index is 12.8. The largest absolute Gasteiger partial charge is 0.491 e. The Morgan fingerprint density at radius 3 is 2.52 bits per heavy atom. The van der Waals surface area contributed by atoms with Crippen molar-refractivity contribution < 1.29 is 9.84 Å². The number of hydrogen-bond donors (Lipinski definition) is 1. The number of aliphatic hydroxyl groups is 1. The van der Waals surface area contributed by atoms with E-state index in [4.69, 9.17) is 4.74 Å². The van der Waals surface area contributed by atoms with Gasteiger partial charge in [-0.25, -0.2) is 4.98 Å². The maximum Gasteiger partial charge on any atom is 0.262 e. The Labute approximate surface area is 160 Å². The Morgan fingerprint density at radius 1 is 1.07 bits per heavy atom. The summed E-state index contributed by atoms with van der Waals surface area (Å²) in [6.45, 7) is 0.235. The smallest absolute Gasteiger partial charge is 0.262 e. The molecule has 27 heavy (non-hydrogen) atoms. The average molecular weight is 378 g/mol. The van der Waals surface area contributed by atoms with Gasteiger partial charge in [0.1, 0.15) is 23.3 Å². The van der Waals surface area contributed by atoms with Crippen LogP contribution >= 0.6 is 11.3 Å². The molecule has 2 aromatic heterocycles. The summed E-state index contributed by atoms with van der Waals surface area (Å²) in [5.74, 6) is 0.683. The van der Waals surface area contributed by atoms with Crippen molar-refractivity contribution in [3.8, 4) is 16.2 Å². The molecule has 0 spiro atoms. The highest BCUT2D eigenvalue weighted by Crippen LogP contribution is 2.30. The quantitative estimate of drug-likeness (QED) is 0.557. The Morgan fingerprint density at radius 2 is 1.78 bits per heavy atom. The van der Waals surface area contributed by atoms with Crippen molar-refractivity contribution in [3.05, 3.63) is 83.4 Å². The Hall–Kier alpha value is -2.96. The summed E-state index contributed by atoms with van der Waals surface area (Å²) >= 11 is 1.49. The van der Waals surface area contributed by atoms with Gasteiger partial charge in [-0.3, -0.25) is 9.36 Å². The minimum atomic E-state index is -0.811. The summed E-state index contributed by atoms with van der Waals surface area (Å²) in [6.07, 6.45) is 0.677. The van der Waals surface area contributed by atoms with Gasteiger partial charge in [0, 0.05) is 4.88 Å². The van der Waals surface area contributed by atoms with E-state index in [9.17, 15) is 9.90 Å². The van der Waals surface area contributed by atoms with E-state index >= 15 is 0 Å². The number of fused-ring (bicyclic) bond motifs is 1. The number of para-hydroxylation sites is 1. The molecule has 136 valence electrons. The van der Waals surface area contributed by atoms with Crippen LogP contribution in [0.15, 0.2) is 77.9 Å². The molecule has 0 saturated heterocycles. The standard InChI is InChI=1S/C21H18N2O3S/c24-16(13-26-17-9-5-2-6-10-17)12-23-14-22-20-18(21(23)25)11-19(27-20)15-7-3-1-4-8-15/h1-11,14,16,24H,12-13H2. The molecule has 0 fully saturated rings. The van der Waals surface area contributed by atoms with E-state index in [1.54, 1.807) is 0 Å². The number of aliphatic hydroxyl groups excluding tert-OH is 1. The fourth-order valence-corrected chi connectivity index (χ4v) is 3.82. The molecule has 0 saturated carbocycles. The SMILES string of the molecule is O=c1c2cc(-c3ccccc3)sc2ncn1CC(O)COc1ccccc1. The molecule has 2 heterocycles. The van der Waals surface area contributed by atoms with Crippen LogP contribution in [0, 0.1) is 0 Å². The van der Waals surface area contributed by atoms with E-state index in [-0.39, 0.29) is 18.7 Å². The third-order valence-corrected chi connectivity index (χ3v) is 5.26. The Kier molecular flexibility index (Phi) is 5.00. The number of rotatable bonds is 6. The van der Waals surface area contributed by atoms with Crippen LogP contribution < -0.4 is 10.3 Å². The van der Waals surface area contributed by atoms with Gasteiger partial charge in [-0.1, -0.05) is 48.5 Å². The number of hydrogen-bond acceptors (Lipinski definition) is 5. The van der Waals surface area contributed by atoms with E-state index in [0.29, 0.717) is 16.0 Å². The topological polar surface area (TPSA) is 64.4 Å². The van der Waals surface area contributed by atoms with Crippen molar-refractivity contribution in [2.24, 2.45) is 0 Å². The molecule has 1 N–H and O–H groups in total. The first-order chi connectivity index (χ1) is 13.2. The first-order valence-corrected chi connectivity index (χ1v) is 9.42. The molecule has 2 aromatic carbocycles. The minimum absolute atomic E-state index is 0.105. The van der Waals surface area contributed by atoms with Gasteiger partial charge in [0.15, 0.2) is 0 Å². The highest BCUT2D eigenvalue weighted by molar-refractivity contribution is 7.21. The number of benzene rings is 2. The van der Waals surface area contributed by atoms with Crippen LogP contribution in [0.5, 0.6) is 5.75 Å². The van der Waals surface area contributed by atoms with Crippen molar-refractivity contribution in [1.29, 1.82) is 0 Å². The second kappa shape index (κ2) is 7.73. The first kappa shape index (κ1) is 17.5. The van der Waals surface area contributed by atoms with Gasteiger partial charge in [-0.2, -0.15) is 0 Å². The van der Waals surface area contributed by atoms with Crippen molar-refractivity contribution >= 4 is 21.6 Å². The number of ether oxygens (including phenoxy) is 1. The highest BCUT2D eigenvalue weighted by atomic mass is 32.1. The maximum absolute atomic E-state index is 12.8. The summed E-state index contributed by atoms with van der Waals surface area (Å²) in [5.41, 5.74) is 0.903. The molecule has 4 aromatic rings. The summed E-state index contributed by atoms with van der Waals surface area (Å²) in [6, 6.07) is 21.1. The van der Waals surface area contributed by atoms with Crippen LogP contribution in [-0.4, -0.2) is 27.4 Å². The van der Waals surface area contributed by atoms with Crippen molar-refractivity contribution in [2.45, 2.75) is 12.6 Å². The van der Waals surface area contributed by atoms with E-state index in [2.05, 4.69) is 4.98 Å². The van der Waals surface area contributed by atoms with Crippen LogP contribution in [0.4, 0.5) is 0 Å². The number of thiophene rings is 1. The zero-order valence-electron chi connectivity index (χ0n) is 14.5. The van der Waals surface area contributed by atoms with Crippen molar-refractivity contribution in [2.75, 3.05) is 6.61 Å². The van der Waals surface area contributed by atoms with Crippen LogP contribution in [0.2, 0.25) is 0 Å². The van der Waals surface area contributed by atoms with Crippen molar-refractivity contribution in [3.63, 3.8) is 0 Å².